The molecule has 43 heavy (non-hydrogen) atoms. The normalized spacial score (nSPS) is 11.9. The molecule has 0 aliphatic carbocycles. The molecule has 0 saturated heterocycles. The highest BCUT2D eigenvalue weighted by molar-refractivity contribution is 9.10. The lowest BCUT2D eigenvalue weighted by molar-refractivity contribution is -0.140. The van der Waals surface area contributed by atoms with Gasteiger partial charge in [0.05, 0.1) is 10.6 Å². The average molecular weight is 703 g/mol. The van der Waals surface area contributed by atoms with Gasteiger partial charge in [-0.2, -0.15) is 0 Å². The van der Waals surface area contributed by atoms with Crippen LogP contribution in [0.5, 0.6) is 0 Å². The summed E-state index contributed by atoms with van der Waals surface area (Å²) in [5.41, 5.74) is 1.55. The van der Waals surface area contributed by atoms with Crippen LogP contribution in [0, 0.1) is 0 Å². The second kappa shape index (κ2) is 14.9. The number of nitrogens with one attached hydrogen (secondary N) is 1. The lowest BCUT2D eigenvalue weighted by atomic mass is 10.0. The Labute approximate surface area is 270 Å². The van der Waals surface area contributed by atoms with Crippen molar-refractivity contribution in [2.45, 2.75) is 30.8 Å². The van der Waals surface area contributed by atoms with Crippen LogP contribution in [-0.4, -0.2) is 44.3 Å². The SMILES string of the molecule is CCNC(=O)[C@H](Cc1ccccc1)N(Cc1c(Cl)cccc1Cl)C(=O)CN(c1cccc(Br)c1)S(=O)(=O)c1ccccc1. The Morgan fingerprint density at radius 2 is 1.47 bits per heavy atom. The number of rotatable bonds is 12. The number of benzene rings is 4. The Balaban J connectivity index is 1.82. The minimum atomic E-state index is -4.19. The molecule has 0 bridgehead atoms. The summed E-state index contributed by atoms with van der Waals surface area (Å²) >= 11 is 16.4. The molecule has 11 heteroatoms. The van der Waals surface area contributed by atoms with Gasteiger partial charge in [0, 0.05) is 39.6 Å². The number of anilines is 1. The molecule has 4 rings (SSSR count). The van der Waals surface area contributed by atoms with Crippen LogP contribution in [-0.2, 0) is 32.6 Å². The van der Waals surface area contributed by atoms with Crippen molar-refractivity contribution in [3.05, 3.63) is 129 Å². The molecule has 1 N–H and O–H groups in total. The van der Waals surface area contributed by atoms with Gasteiger partial charge in [-0.1, -0.05) is 99.8 Å². The van der Waals surface area contributed by atoms with E-state index in [0.717, 1.165) is 9.87 Å². The summed E-state index contributed by atoms with van der Waals surface area (Å²) in [7, 11) is -4.19. The molecule has 0 radical (unpaired) electrons. The minimum absolute atomic E-state index is 0.0213. The van der Waals surface area contributed by atoms with Crippen LogP contribution in [0.2, 0.25) is 10.0 Å². The van der Waals surface area contributed by atoms with Crippen molar-refractivity contribution in [1.82, 2.24) is 10.2 Å². The highest BCUT2D eigenvalue weighted by atomic mass is 79.9. The number of carbonyl (C=O) groups is 2. The van der Waals surface area contributed by atoms with E-state index in [1.54, 1.807) is 67.6 Å². The van der Waals surface area contributed by atoms with Gasteiger partial charge in [0.15, 0.2) is 0 Å². The Bertz CT molecular complexity index is 1650. The van der Waals surface area contributed by atoms with E-state index in [4.69, 9.17) is 23.2 Å². The molecule has 7 nitrogen and oxygen atoms in total. The number of sulfonamides is 1. The van der Waals surface area contributed by atoms with E-state index in [2.05, 4.69) is 21.2 Å². The summed E-state index contributed by atoms with van der Waals surface area (Å²) in [5, 5.41) is 3.47. The van der Waals surface area contributed by atoms with E-state index in [1.165, 1.54) is 17.0 Å². The Hall–Kier alpha value is -3.37. The van der Waals surface area contributed by atoms with Crippen molar-refractivity contribution in [2.75, 3.05) is 17.4 Å². The quantitative estimate of drug-likeness (QED) is 0.178. The predicted octanol–water partition coefficient (Wildman–Crippen LogP) is 6.73. The van der Waals surface area contributed by atoms with Gasteiger partial charge in [-0.05, 0) is 55.0 Å². The highest BCUT2D eigenvalue weighted by Gasteiger charge is 2.35. The maximum absolute atomic E-state index is 14.4. The summed E-state index contributed by atoms with van der Waals surface area (Å²) in [5.74, 6) is -0.995. The number of halogens is 3. The topological polar surface area (TPSA) is 86.8 Å². The third kappa shape index (κ3) is 8.17. The van der Waals surface area contributed by atoms with Gasteiger partial charge >= 0.3 is 0 Å². The lowest BCUT2D eigenvalue weighted by Crippen LogP contribution is -2.53. The van der Waals surface area contributed by atoms with Gasteiger partial charge in [-0.3, -0.25) is 13.9 Å². The zero-order valence-electron chi connectivity index (χ0n) is 23.3. The minimum Gasteiger partial charge on any atom is -0.355 e. The summed E-state index contributed by atoms with van der Waals surface area (Å²) in [4.78, 5) is 29.3. The fourth-order valence-electron chi connectivity index (χ4n) is 4.58. The fraction of sp³-hybridized carbons (Fsp3) is 0.188. The summed E-state index contributed by atoms with van der Waals surface area (Å²) in [6.45, 7) is 1.42. The molecule has 0 saturated carbocycles. The number of hydrogen-bond donors (Lipinski definition) is 1. The van der Waals surface area contributed by atoms with Crippen LogP contribution in [0.25, 0.3) is 0 Å². The first kappa shape index (κ1) is 32.5. The molecule has 224 valence electrons. The average Bonchev–Trinajstić information content (AvgIpc) is 3.00. The molecule has 2 amide bonds. The molecule has 0 aliphatic heterocycles. The highest BCUT2D eigenvalue weighted by Crippen LogP contribution is 2.30. The van der Waals surface area contributed by atoms with Crippen LogP contribution in [0.3, 0.4) is 0 Å². The number of carbonyl (C=O) groups excluding carboxylic acids is 2. The molecular formula is C32H30BrCl2N3O4S. The molecule has 0 aromatic heterocycles. The second-order valence-electron chi connectivity index (χ2n) is 9.63. The molecule has 0 spiro atoms. The van der Waals surface area contributed by atoms with Gasteiger partial charge in [-0.15, -0.1) is 0 Å². The van der Waals surface area contributed by atoms with Gasteiger partial charge in [0.2, 0.25) is 11.8 Å². The van der Waals surface area contributed by atoms with E-state index in [1.807, 2.05) is 30.3 Å². The Morgan fingerprint density at radius 3 is 2.07 bits per heavy atom. The first-order valence-corrected chi connectivity index (χ1v) is 16.5. The van der Waals surface area contributed by atoms with Crippen LogP contribution in [0.4, 0.5) is 5.69 Å². The Morgan fingerprint density at radius 1 is 0.860 bits per heavy atom. The van der Waals surface area contributed by atoms with E-state index in [0.29, 0.717) is 26.6 Å². The molecule has 1 atom stereocenters. The van der Waals surface area contributed by atoms with Crippen LogP contribution < -0.4 is 9.62 Å². The maximum Gasteiger partial charge on any atom is 0.264 e. The van der Waals surface area contributed by atoms with Crippen molar-refractivity contribution in [3.63, 3.8) is 0 Å². The smallest absolute Gasteiger partial charge is 0.264 e. The maximum atomic E-state index is 14.4. The second-order valence-corrected chi connectivity index (χ2v) is 13.2. The standard InChI is InChI=1S/C32H30BrCl2N3O4S/c1-2-36-32(40)30(19-23-11-5-3-6-12-23)37(21-27-28(34)17-10-18-29(27)35)31(39)22-38(25-14-9-13-24(33)20-25)43(41,42)26-15-7-4-8-16-26/h3-18,20,30H,2,19,21-22H2,1H3,(H,36,40)/t30-/m0/s1. The third-order valence-corrected chi connectivity index (χ3v) is 9.71. The fourth-order valence-corrected chi connectivity index (χ4v) is 6.91. The van der Waals surface area contributed by atoms with Crippen LogP contribution >= 0.6 is 39.1 Å². The summed E-state index contributed by atoms with van der Waals surface area (Å²) < 4.78 is 29.7. The number of amides is 2. The number of likely N-dealkylation sites (N-methyl/N-ethyl adjacent to an activating group) is 1. The molecule has 0 unspecified atom stereocenters. The van der Waals surface area contributed by atoms with Crippen molar-refractivity contribution in [1.29, 1.82) is 0 Å². The third-order valence-electron chi connectivity index (χ3n) is 6.72. The molecule has 0 aliphatic rings. The van der Waals surface area contributed by atoms with Gasteiger partial charge in [0.1, 0.15) is 12.6 Å². The van der Waals surface area contributed by atoms with E-state index < -0.39 is 28.5 Å². The number of nitrogens with zero attached hydrogens (tertiary/aromatic N) is 2. The summed E-state index contributed by atoms with van der Waals surface area (Å²) in [6.07, 6.45) is 0.183. The molecule has 0 heterocycles. The summed E-state index contributed by atoms with van der Waals surface area (Å²) in [6, 6.07) is 27.8. The van der Waals surface area contributed by atoms with Gasteiger partial charge in [0.25, 0.3) is 10.0 Å². The van der Waals surface area contributed by atoms with Crippen molar-refractivity contribution >= 4 is 66.7 Å². The zero-order valence-corrected chi connectivity index (χ0v) is 27.2. The van der Waals surface area contributed by atoms with Gasteiger partial charge in [-0.25, -0.2) is 8.42 Å². The lowest BCUT2D eigenvalue weighted by Gasteiger charge is -2.34. The monoisotopic (exact) mass is 701 g/mol. The Kier molecular flexibility index (Phi) is 11.3. The van der Waals surface area contributed by atoms with E-state index in [9.17, 15) is 18.0 Å². The molecule has 4 aromatic carbocycles. The largest absolute Gasteiger partial charge is 0.355 e. The van der Waals surface area contributed by atoms with Gasteiger partial charge < -0.3 is 10.2 Å². The first-order chi connectivity index (χ1) is 20.6. The zero-order chi connectivity index (χ0) is 31.0. The van der Waals surface area contributed by atoms with E-state index in [-0.39, 0.29) is 29.5 Å². The van der Waals surface area contributed by atoms with E-state index >= 15 is 0 Å². The predicted molar refractivity (Wildman–Crippen MR) is 175 cm³/mol. The molecular weight excluding hydrogens is 673 g/mol. The first-order valence-electron chi connectivity index (χ1n) is 13.5. The molecule has 4 aromatic rings. The molecule has 0 fully saturated rings. The van der Waals surface area contributed by atoms with Crippen LogP contribution in [0.1, 0.15) is 18.1 Å². The van der Waals surface area contributed by atoms with Crippen LogP contribution in [0.15, 0.2) is 112 Å². The van der Waals surface area contributed by atoms with Crippen molar-refractivity contribution in [3.8, 4) is 0 Å². The van der Waals surface area contributed by atoms with Crippen molar-refractivity contribution < 1.29 is 18.0 Å². The van der Waals surface area contributed by atoms with Crippen molar-refractivity contribution in [2.24, 2.45) is 0 Å². The number of hydrogen-bond acceptors (Lipinski definition) is 4.